The van der Waals surface area contributed by atoms with Gasteiger partial charge in [-0.3, -0.25) is 4.90 Å². The lowest BCUT2D eigenvalue weighted by molar-refractivity contribution is 0.116. The molecule has 3 rings (SSSR count). The van der Waals surface area contributed by atoms with Crippen LogP contribution in [0.3, 0.4) is 0 Å². The van der Waals surface area contributed by atoms with E-state index < -0.39 is 10.0 Å². The van der Waals surface area contributed by atoms with E-state index >= 15 is 0 Å². The highest BCUT2D eigenvalue weighted by molar-refractivity contribution is 7.89. The second-order valence-electron chi connectivity index (χ2n) is 5.89. The Morgan fingerprint density at radius 3 is 2.54 bits per heavy atom. The number of hydrogen-bond donors (Lipinski definition) is 2. The normalized spacial score (nSPS) is 18.3. The molecule has 0 spiro atoms. The van der Waals surface area contributed by atoms with Gasteiger partial charge < -0.3 is 5.11 Å². The van der Waals surface area contributed by atoms with Crippen molar-refractivity contribution in [1.82, 2.24) is 9.62 Å². The van der Waals surface area contributed by atoms with Crippen molar-refractivity contribution in [1.29, 1.82) is 0 Å². The molecule has 1 heterocycles. The van der Waals surface area contributed by atoms with E-state index in [9.17, 15) is 13.5 Å². The van der Waals surface area contributed by atoms with Crippen molar-refractivity contribution >= 4 is 10.0 Å². The molecule has 0 radical (unpaired) electrons. The minimum absolute atomic E-state index is 0.0302. The van der Waals surface area contributed by atoms with Gasteiger partial charge in [-0.1, -0.05) is 42.5 Å². The molecule has 0 aliphatic carbocycles. The second-order valence-corrected chi connectivity index (χ2v) is 7.66. The van der Waals surface area contributed by atoms with Crippen molar-refractivity contribution in [2.75, 3.05) is 26.2 Å². The Bertz CT molecular complexity index is 778. The van der Waals surface area contributed by atoms with Crippen LogP contribution in [0.1, 0.15) is 17.2 Å². The molecule has 2 aromatic rings. The summed E-state index contributed by atoms with van der Waals surface area (Å²) in [6, 6.07) is 16.4. The quantitative estimate of drug-likeness (QED) is 0.833. The number of aliphatic hydroxyl groups is 1. The second kappa shape index (κ2) is 7.44. The van der Waals surface area contributed by atoms with E-state index in [0.717, 1.165) is 18.5 Å². The average molecular weight is 346 g/mol. The van der Waals surface area contributed by atoms with Gasteiger partial charge in [-0.05, 0) is 29.7 Å². The zero-order valence-electron chi connectivity index (χ0n) is 13.4. The molecule has 1 unspecified atom stereocenters. The van der Waals surface area contributed by atoms with Gasteiger partial charge in [-0.2, -0.15) is 0 Å². The highest BCUT2D eigenvalue weighted by atomic mass is 32.2. The molecular weight excluding hydrogens is 324 g/mol. The molecule has 24 heavy (non-hydrogen) atoms. The minimum atomic E-state index is -3.48. The summed E-state index contributed by atoms with van der Waals surface area (Å²) in [5.74, 6) is 0. The molecule has 0 bridgehead atoms. The fourth-order valence-electron chi connectivity index (χ4n) is 3.19. The Balaban J connectivity index is 1.63. The molecule has 2 N–H and O–H groups in total. The lowest BCUT2D eigenvalue weighted by Gasteiger charge is -2.36. The lowest BCUT2D eigenvalue weighted by atomic mass is 9.93. The molecule has 1 aliphatic rings. The van der Waals surface area contributed by atoms with Gasteiger partial charge in [0, 0.05) is 19.6 Å². The SMILES string of the molecule is O=S(=O)(NCCN1CCc2ccccc2C1CO)c1ccccc1. The number of fused-ring (bicyclic) bond motifs is 1. The van der Waals surface area contributed by atoms with Crippen LogP contribution >= 0.6 is 0 Å². The van der Waals surface area contributed by atoms with E-state index in [4.69, 9.17) is 0 Å². The first kappa shape index (κ1) is 17.1. The Kier molecular flexibility index (Phi) is 5.30. The Hall–Kier alpha value is -1.73. The largest absolute Gasteiger partial charge is 0.394 e. The molecule has 1 aliphatic heterocycles. The standard InChI is InChI=1S/C18H22N2O3S/c21-14-18-17-9-5-4-6-15(17)10-12-20(18)13-11-19-24(22,23)16-7-2-1-3-8-16/h1-9,18-19,21H,10-14H2. The van der Waals surface area contributed by atoms with Crippen molar-refractivity contribution in [3.8, 4) is 0 Å². The Morgan fingerprint density at radius 2 is 1.79 bits per heavy atom. The Morgan fingerprint density at radius 1 is 1.08 bits per heavy atom. The van der Waals surface area contributed by atoms with Crippen molar-refractivity contribution in [3.05, 3.63) is 65.7 Å². The smallest absolute Gasteiger partial charge is 0.240 e. The number of sulfonamides is 1. The molecule has 2 aromatic carbocycles. The predicted molar refractivity (Wildman–Crippen MR) is 93.2 cm³/mol. The first-order valence-corrected chi connectivity index (χ1v) is 9.57. The molecular formula is C18H22N2O3S. The summed E-state index contributed by atoms with van der Waals surface area (Å²) in [6.45, 7) is 1.72. The topological polar surface area (TPSA) is 69.6 Å². The van der Waals surface area contributed by atoms with Gasteiger partial charge in [-0.15, -0.1) is 0 Å². The molecule has 6 heteroatoms. The van der Waals surface area contributed by atoms with Crippen LogP contribution in [0.2, 0.25) is 0 Å². The van der Waals surface area contributed by atoms with Crippen LogP contribution < -0.4 is 4.72 Å². The first-order valence-electron chi connectivity index (χ1n) is 8.09. The fraction of sp³-hybridized carbons (Fsp3) is 0.333. The van der Waals surface area contributed by atoms with Gasteiger partial charge in [0.15, 0.2) is 0 Å². The first-order chi connectivity index (χ1) is 11.6. The van der Waals surface area contributed by atoms with Crippen molar-refractivity contribution in [2.45, 2.75) is 17.4 Å². The summed E-state index contributed by atoms with van der Waals surface area (Å²) >= 11 is 0. The lowest BCUT2D eigenvalue weighted by Crippen LogP contribution is -2.42. The van der Waals surface area contributed by atoms with E-state index in [0.29, 0.717) is 13.1 Å². The number of aliphatic hydroxyl groups excluding tert-OH is 1. The zero-order chi connectivity index (χ0) is 17.0. The molecule has 0 saturated carbocycles. The van der Waals surface area contributed by atoms with E-state index in [-0.39, 0.29) is 17.5 Å². The number of benzene rings is 2. The van der Waals surface area contributed by atoms with Crippen LogP contribution in [0, 0.1) is 0 Å². The minimum Gasteiger partial charge on any atom is -0.394 e. The van der Waals surface area contributed by atoms with Gasteiger partial charge >= 0.3 is 0 Å². The molecule has 0 aromatic heterocycles. The third-order valence-corrected chi connectivity index (χ3v) is 5.92. The van der Waals surface area contributed by atoms with Gasteiger partial charge in [0.05, 0.1) is 17.5 Å². The van der Waals surface area contributed by atoms with E-state index in [1.54, 1.807) is 30.3 Å². The van der Waals surface area contributed by atoms with E-state index in [2.05, 4.69) is 15.7 Å². The third kappa shape index (κ3) is 3.67. The number of rotatable bonds is 6. The summed E-state index contributed by atoms with van der Waals surface area (Å²) in [4.78, 5) is 2.41. The van der Waals surface area contributed by atoms with Crippen LogP contribution in [0.5, 0.6) is 0 Å². The Labute approximate surface area is 143 Å². The fourth-order valence-corrected chi connectivity index (χ4v) is 4.23. The molecule has 5 nitrogen and oxygen atoms in total. The van der Waals surface area contributed by atoms with Gasteiger partial charge in [0.25, 0.3) is 0 Å². The van der Waals surface area contributed by atoms with Crippen molar-refractivity contribution in [2.24, 2.45) is 0 Å². The number of nitrogens with one attached hydrogen (secondary N) is 1. The van der Waals surface area contributed by atoms with Crippen LogP contribution in [0.15, 0.2) is 59.5 Å². The van der Waals surface area contributed by atoms with Gasteiger partial charge in [0.1, 0.15) is 0 Å². The van der Waals surface area contributed by atoms with Crippen LogP contribution in [-0.4, -0.2) is 44.7 Å². The van der Waals surface area contributed by atoms with Crippen molar-refractivity contribution < 1.29 is 13.5 Å². The molecule has 1 atom stereocenters. The zero-order valence-corrected chi connectivity index (χ0v) is 14.2. The summed E-state index contributed by atoms with van der Waals surface area (Å²) < 4.78 is 27.1. The van der Waals surface area contributed by atoms with Gasteiger partial charge in [-0.25, -0.2) is 13.1 Å². The van der Waals surface area contributed by atoms with E-state index in [1.807, 2.05) is 18.2 Å². The average Bonchev–Trinajstić information content (AvgIpc) is 2.62. The summed E-state index contributed by atoms with van der Waals surface area (Å²) in [5.41, 5.74) is 2.40. The number of hydrogen-bond acceptors (Lipinski definition) is 4. The molecule has 0 amide bonds. The third-order valence-electron chi connectivity index (χ3n) is 4.44. The highest BCUT2D eigenvalue weighted by Crippen LogP contribution is 2.28. The maximum Gasteiger partial charge on any atom is 0.240 e. The van der Waals surface area contributed by atoms with Crippen LogP contribution in [-0.2, 0) is 16.4 Å². The maximum absolute atomic E-state index is 12.2. The van der Waals surface area contributed by atoms with Gasteiger partial charge in [0.2, 0.25) is 10.0 Å². The van der Waals surface area contributed by atoms with E-state index in [1.165, 1.54) is 5.56 Å². The summed E-state index contributed by atoms with van der Waals surface area (Å²) in [7, 11) is -3.48. The monoisotopic (exact) mass is 346 g/mol. The number of nitrogens with zero attached hydrogens (tertiary/aromatic N) is 1. The van der Waals surface area contributed by atoms with Crippen LogP contribution in [0.4, 0.5) is 0 Å². The van der Waals surface area contributed by atoms with Crippen molar-refractivity contribution in [3.63, 3.8) is 0 Å². The molecule has 0 fully saturated rings. The molecule has 128 valence electrons. The van der Waals surface area contributed by atoms with Crippen LogP contribution in [0.25, 0.3) is 0 Å². The summed E-state index contributed by atoms with van der Waals surface area (Å²) in [6.07, 6.45) is 0.915. The highest BCUT2D eigenvalue weighted by Gasteiger charge is 2.26. The summed E-state index contributed by atoms with van der Waals surface area (Å²) in [5, 5.41) is 9.77. The molecule has 0 saturated heterocycles. The maximum atomic E-state index is 12.2. The predicted octanol–water partition coefficient (Wildman–Crippen LogP) is 1.56.